The number of hydrogen-bond acceptors (Lipinski definition) is 5. The van der Waals surface area contributed by atoms with Crippen molar-refractivity contribution < 1.29 is 24.2 Å². The van der Waals surface area contributed by atoms with E-state index in [9.17, 15) is 14.7 Å². The molecule has 27 heavy (non-hydrogen) atoms. The van der Waals surface area contributed by atoms with Gasteiger partial charge >= 0.3 is 6.09 Å². The first-order valence-corrected chi connectivity index (χ1v) is 8.69. The fraction of sp³-hybridized carbons (Fsp3) is 0.333. The van der Waals surface area contributed by atoms with E-state index in [2.05, 4.69) is 5.32 Å². The molecule has 6 heteroatoms. The number of aliphatic carboxylic acids is 1. The second kappa shape index (κ2) is 9.07. The van der Waals surface area contributed by atoms with Crippen LogP contribution in [0.15, 0.2) is 54.6 Å². The highest BCUT2D eigenvalue weighted by atomic mass is 16.6. The molecule has 2 aromatic rings. The van der Waals surface area contributed by atoms with E-state index in [-0.39, 0.29) is 6.42 Å². The van der Waals surface area contributed by atoms with Crippen LogP contribution in [-0.4, -0.2) is 23.7 Å². The Labute approximate surface area is 159 Å². The molecule has 6 nitrogen and oxygen atoms in total. The summed E-state index contributed by atoms with van der Waals surface area (Å²) < 4.78 is 10.8. The molecule has 0 saturated carbocycles. The first kappa shape index (κ1) is 20.3. The Hall–Kier alpha value is -3.02. The predicted octanol–water partition coefficient (Wildman–Crippen LogP) is 2.45. The lowest BCUT2D eigenvalue weighted by Gasteiger charge is -2.24. The summed E-state index contributed by atoms with van der Waals surface area (Å²) in [7, 11) is 0. The monoisotopic (exact) mass is 370 g/mol. The van der Waals surface area contributed by atoms with Crippen LogP contribution in [0.3, 0.4) is 0 Å². The second-order valence-corrected chi connectivity index (χ2v) is 7.14. The zero-order valence-corrected chi connectivity index (χ0v) is 15.7. The Balaban J connectivity index is 1.92. The first-order valence-electron chi connectivity index (χ1n) is 8.69. The third-order valence-electron chi connectivity index (χ3n) is 3.59. The lowest BCUT2D eigenvalue weighted by Crippen LogP contribution is -2.50. The van der Waals surface area contributed by atoms with Crippen molar-refractivity contribution in [3.63, 3.8) is 0 Å². The smallest absolute Gasteiger partial charge is 0.408 e. The molecule has 0 bridgehead atoms. The van der Waals surface area contributed by atoms with Gasteiger partial charge in [0.25, 0.3) is 0 Å². The third kappa shape index (κ3) is 7.40. The van der Waals surface area contributed by atoms with Crippen molar-refractivity contribution in [3.05, 3.63) is 65.7 Å². The molecule has 0 fully saturated rings. The van der Waals surface area contributed by atoms with Gasteiger partial charge in [0.2, 0.25) is 0 Å². The number of carboxylic acid groups (broad SMARTS) is 1. The molecule has 144 valence electrons. The number of alkyl carbamates (subject to hydrolysis) is 1. The Morgan fingerprint density at radius 2 is 1.63 bits per heavy atom. The largest absolute Gasteiger partial charge is 0.548 e. The summed E-state index contributed by atoms with van der Waals surface area (Å²) in [6, 6.07) is 15.6. The van der Waals surface area contributed by atoms with Gasteiger partial charge in [-0.3, -0.25) is 0 Å². The van der Waals surface area contributed by atoms with Gasteiger partial charge in [-0.25, -0.2) is 4.79 Å². The van der Waals surface area contributed by atoms with Crippen LogP contribution in [-0.2, 0) is 22.6 Å². The highest BCUT2D eigenvalue weighted by molar-refractivity contribution is 5.79. The minimum Gasteiger partial charge on any atom is -0.548 e. The van der Waals surface area contributed by atoms with Gasteiger partial charge in [-0.2, -0.15) is 0 Å². The minimum atomic E-state index is -1.37. The standard InChI is InChI=1S/C21H25NO5/c1-21(2,3)27-20(25)22-18(19(23)24)13-15-9-11-17(12-10-15)26-14-16-7-5-4-6-8-16/h4-12,18H,13-14H2,1-3H3,(H,22,25)(H,23,24)/p-1/t18-/m1/s1. The van der Waals surface area contributed by atoms with E-state index in [1.807, 2.05) is 30.3 Å². The maximum absolute atomic E-state index is 11.8. The minimum absolute atomic E-state index is 0.0839. The van der Waals surface area contributed by atoms with Gasteiger partial charge in [0.05, 0.1) is 12.0 Å². The maximum atomic E-state index is 11.8. The van der Waals surface area contributed by atoms with E-state index in [0.717, 1.165) is 11.1 Å². The van der Waals surface area contributed by atoms with Gasteiger partial charge in [0.1, 0.15) is 18.0 Å². The Morgan fingerprint density at radius 1 is 1.00 bits per heavy atom. The topological polar surface area (TPSA) is 87.7 Å². The van der Waals surface area contributed by atoms with Crippen LogP contribution in [0.1, 0.15) is 31.9 Å². The fourth-order valence-electron chi connectivity index (χ4n) is 2.34. The van der Waals surface area contributed by atoms with Crippen molar-refractivity contribution in [1.29, 1.82) is 0 Å². The number of nitrogens with one attached hydrogen (secondary N) is 1. The number of carbonyl (C=O) groups is 2. The molecule has 0 aliphatic carbocycles. The number of carboxylic acids is 1. The zero-order valence-electron chi connectivity index (χ0n) is 15.7. The molecule has 0 aromatic heterocycles. The van der Waals surface area contributed by atoms with Crippen LogP contribution in [0.25, 0.3) is 0 Å². The lowest BCUT2D eigenvalue weighted by atomic mass is 10.1. The van der Waals surface area contributed by atoms with Crippen LogP contribution in [0.2, 0.25) is 0 Å². The maximum Gasteiger partial charge on any atom is 0.408 e. The predicted molar refractivity (Wildman–Crippen MR) is 99.1 cm³/mol. The average molecular weight is 370 g/mol. The molecule has 2 aromatic carbocycles. The van der Waals surface area contributed by atoms with Crippen LogP contribution >= 0.6 is 0 Å². The number of hydrogen-bond donors (Lipinski definition) is 1. The fourth-order valence-corrected chi connectivity index (χ4v) is 2.34. The normalized spacial score (nSPS) is 12.1. The molecule has 2 rings (SSSR count). The van der Waals surface area contributed by atoms with E-state index in [0.29, 0.717) is 12.4 Å². The Morgan fingerprint density at radius 3 is 2.19 bits per heavy atom. The molecule has 1 N–H and O–H groups in total. The van der Waals surface area contributed by atoms with E-state index >= 15 is 0 Å². The molecule has 0 unspecified atom stereocenters. The number of amides is 1. The lowest BCUT2D eigenvalue weighted by molar-refractivity contribution is -0.308. The second-order valence-electron chi connectivity index (χ2n) is 7.14. The highest BCUT2D eigenvalue weighted by Gasteiger charge is 2.20. The molecular formula is C21H24NO5-. The Kier molecular flexibility index (Phi) is 6.82. The summed E-state index contributed by atoms with van der Waals surface area (Å²) in [5, 5.41) is 13.7. The summed E-state index contributed by atoms with van der Waals surface area (Å²) in [5.74, 6) is -0.696. The summed E-state index contributed by atoms with van der Waals surface area (Å²) in [4.78, 5) is 23.1. The summed E-state index contributed by atoms with van der Waals surface area (Å²) in [6.07, 6.45) is -0.708. The van der Waals surface area contributed by atoms with Crippen LogP contribution in [0.5, 0.6) is 5.75 Å². The number of ether oxygens (including phenoxy) is 2. The van der Waals surface area contributed by atoms with Crippen LogP contribution in [0, 0.1) is 0 Å². The Bertz CT molecular complexity index is 750. The molecule has 1 atom stereocenters. The van der Waals surface area contributed by atoms with E-state index in [1.165, 1.54) is 0 Å². The van der Waals surface area contributed by atoms with Crippen molar-refractivity contribution in [3.8, 4) is 5.75 Å². The molecule has 0 radical (unpaired) electrons. The molecule has 0 spiro atoms. The molecular weight excluding hydrogens is 346 g/mol. The first-order chi connectivity index (χ1) is 12.7. The van der Waals surface area contributed by atoms with Gasteiger partial charge in [-0.1, -0.05) is 42.5 Å². The van der Waals surface area contributed by atoms with Crippen molar-refractivity contribution in [2.24, 2.45) is 0 Å². The van der Waals surface area contributed by atoms with Gasteiger partial charge in [0, 0.05) is 0 Å². The molecule has 0 aliphatic heterocycles. The summed E-state index contributed by atoms with van der Waals surface area (Å²) >= 11 is 0. The average Bonchev–Trinajstić information content (AvgIpc) is 2.60. The molecule has 0 heterocycles. The zero-order chi connectivity index (χ0) is 19.9. The van der Waals surface area contributed by atoms with Crippen molar-refractivity contribution in [2.75, 3.05) is 0 Å². The van der Waals surface area contributed by atoms with Crippen molar-refractivity contribution in [1.82, 2.24) is 5.32 Å². The van der Waals surface area contributed by atoms with E-state index in [4.69, 9.17) is 9.47 Å². The van der Waals surface area contributed by atoms with Crippen LogP contribution in [0.4, 0.5) is 4.79 Å². The number of carbonyl (C=O) groups excluding carboxylic acids is 2. The van der Waals surface area contributed by atoms with E-state index < -0.39 is 23.7 Å². The third-order valence-corrected chi connectivity index (χ3v) is 3.59. The molecule has 0 aliphatic rings. The quantitative estimate of drug-likeness (QED) is 0.809. The van der Waals surface area contributed by atoms with Crippen molar-refractivity contribution >= 4 is 12.1 Å². The molecule has 1 amide bonds. The SMILES string of the molecule is CC(C)(C)OC(=O)N[C@H](Cc1ccc(OCc2ccccc2)cc1)C(=O)[O-]. The summed E-state index contributed by atoms with van der Waals surface area (Å²) in [5.41, 5.74) is 1.07. The summed E-state index contributed by atoms with van der Waals surface area (Å²) in [6.45, 7) is 5.56. The number of rotatable bonds is 7. The van der Waals surface area contributed by atoms with Gasteiger partial charge in [-0.05, 0) is 50.5 Å². The van der Waals surface area contributed by atoms with Gasteiger partial charge in [-0.15, -0.1) is 0 Å². The molecule has 0 saturated heterocycles. The van der Waals surface area contributed by atoms with Crippen molar-refractivity contribution in [2.45, 2.75) is 45.4 Å². The van der Waals surface area contributed by atoms with Gasteiger partial charge in [0.15, 0.2) is 0 Å². The van der Waals surface area contributed by atoms with E-state index in [1.54, 1.807) is 45.0 Å². The van der Waals surface area contributed by atoms with Gasteiger partial charge < -0.3 is 24.7 Å². The van der Waals surface area contributed by atoms with Crippen LogP contribution < -0.4 is 15.2 Å². The highest BCUT2D eigenvalue weighted by Crippen LogP contribution is 2.15. The number of benzene rings is 2.